The molecule has 0 unspecified atom stereocenters. The summed E-state index contributed by atoms with van der Waals surface area (Å²) in [5, 5.41) is 0. The summed E-state index contributed by atoms with van der Waals surface area (Å²) in [5.41, 5.74) is 0.611. The molecule has 0 atom stereocenters. The molecule has 0 saturated carbocycles. The van der Waals surface area contributed by atoms with Gasteiger partial charge in [-0.15, -0.1) is 0 Å². The monoisotopic (exact) mass is 388 g/mol. The predicted molar refractivity (Wildman–Crippen MR) is 104 cm³/mol. The van der Waals surface area contributed by atoms with Crippen LogP contribution in [0.25, 0.3) is 4.85 Å². The molecule has 28 heavy (non-hydrogen) atoms. The van der Waals surface area contributed by atoms with Crippen molar-refractivity contribution in [3.63, 3.8) is 0 Å². The fourth-order valence-electron chi connectivity index (χ4n) is 3.08. The van der Waals surface area contributed by atoms with Gasteiger partial charge in [0.1, 0.15) is 11.4 Å². The molecule has 0 bridgehead atoms. The molecule has 1 aliphatic rings. The number of carbonyl (C=O) groups is 2. The zero-order chi connectivity index (χ0) is 20.7. The Morgan fingerprint density at radius 1 is 1.29 bits per heavy atom. The SMILES string of the molecule is [C-]#[N+]CC(=O)c1ccc(CN(C(=O)OC(C)(C)C)C2CCOCC2)cc1OC. The Kier molecular flexibility index (Phi) is 7.41. The van der Waals surface area contributed by atoms with Gasteiger partial charge in [-0.05, 0) is 51.3 Å². The summed E-state index contributed by atoms with van der Waals surface area (Å²) in [5.74, 6) is 0.120. The van der Waals surface area contributed by atoms with E-state index in [1.54, 1.807) is 23.1 Å². The molecule has 0 aromatic heterocycles. The molecular weight excluding hydrogens is 360 g/mol. The number of methoxy groups -OCH3 is 1. The second kappa shape index (κ2) is 9.56. The van der Waals surface area contributed by atoms with Gasteiger partial charge >= 0.3 is 6.09 Å². The number of ketones is 1. The Labute approximate surface area is 166 Å². The van der Waals surface area contributed by atoms with Gasteiger partial charge in [-0.1, -0.05) is 6.07 Å². The highest BCUT2D eigenvalue weighted by atomic mass is 16.6. The van der Waals surface area contributed by atoms with Crippen LogP contribution >= 0.6 is 0 Å². The van der Waals surface area contributed by atoms with E-state index in [9.17, 15) is 9.59 Å². The minimum absolute atomic E-state index is 0.0259. The minimum atomic E-state index is -0.589. The van der Waals surface area contributed by atoms with Crippen molar-refractivity contribution in [3.8, 4) is 5.75 Å². The number of ether oxygens (including phenoxy) is 3. The number of hydrogen-bond donors (Lipinski definition) is 0. The Balaban J connectivity index is 2.26. The Morgan fingerprint density at radius 3 is 2.54 bits per heavy atom. The van der Waals surface area contributed by atoms with E-state index in [2.05, 4.69) is 4.85 Å². The van der Waals surface area contributed by atoms with Gasteiger partial charge in [-0.3, -0.25) is 4.79 Å². The summed E-state index contributed by atoms with van der Waals surface area (Å²) < 4.78 is 16.4. The second-order valence-electron chi connectivity index (χ2n) is 7.73. The van der Waals surface area contributed by atoms with E-state index in [1.807, 2.05) is 20.8 Å². The van der Waals surface area contributed by atoms with Crippen molar-refractivity contribution in [2.45, 2.75) is 51.8 Å². The van der Waals surface area contributed by atoms with Gasteiger partial charge in [0.05, 0.1) is 12.7 Å². The molecule has 0 N–H and O–H groups in total. The van der Waals surface area contributed by atoms with E-state index in [0.717, 1.165) is 18.4 Å². The van der Waals surface area contributed by atoms with Crippen LogP contribution in [-0.4, -0.2) is 55.3 Å². The molecule has 7 heteroatoms. The average Bonchev–Trinajstić information content (AvgIpc) is 2.65. The molecule has 1 aromatic carbocycles. The first-order valence-corrected chi connectivity index (χ1v) is 9.36. The molecule has 1 fully saturated rings. The molecule has 7 nitrogen and oxygen atoms in total. The minimum Gasteiger partial charge on any atom is -0.496 e. The van der Waals surface area contributed by atoms with E-state index in [-0.39, 0.29) is 24.5 Å². The smallest absolute Gasteiger partial charge is 0.410 e. The summed E-state index contributed by atoms with van der Waals surface area (Å²) in [6, 6.07) is 5.21. The van der Waals surface area contributed by atoms with Crippen LogP contribution in [0.15, 0.2) is 18.2 Å². The van der Waals surface area contributed by atoms with Gasteiger partial charge in [0.25, 0.3) is 6.54 Å². The lowest BCUT2D eigenvalue weighted by atomic mass is 10.0. The first kappa shape index (κ1) is 21.7. The maximum Gasteiger partial charge on any atom is 0.410 e. The molecule has 1 heterocycles. The third kappa shape index (κ3) is 5.96. The molecule has 0 radical (unpaired) electrons. The number of Topliss-reactive ketones (excluding diaryl/α,β-unsaturated/α-hetero) is 1. The van der Waals surface area contributed by atoms with Gasteiger partial charge in [-0.25, -0.2) is 11.4 Å². The molecule has 1 aliphatic heterocycles. The van der Waals surface area contributed by atoms with Gasteiger partial charge in [0, 0.05) is 25.8 Å². The zero-order valence-corrected chi connectivity index (χ0v) is 17.0. The topological polar surface area (TPSA) is 69.4 Å². The van der Waals surface area contributed by atoms with Crippen molar-refractivity contribution in [1.29, 1.82) is 0 Å². The first-order valence-electron chi connectivity index (χ1n) is 9.36. The van der Waals surface area contributed by atoms with Crippen molar-refractivity contribution in [2.24, 2.45) is 0 Å². The van der Waals surface area contributed by atoms with Gasteiger partial charge in [-0.2, -0.15) is 0 Å². The number of carbonyl (C=O) groups excluding carboxylic acids is 2. The van der Waals surface area contributed by atoms with Crippen LogP contribution in [-0.2, 0) is 16.0 Å². The van der Waals surface area contributed by atoms with Crippen molar-refractivity contribution in [1.82, 2.24) is 4.90 Å². The van der Waals surface area contributed by atoms with E-state index < -0.39 is 5.60 Å². The van der Waals surface area contributed by atoms with Crippen LogP contribution in [0.1, 0.15) is 49.5 Å². The first-order chi connectivity index (χ1) is 13.2. The number of benzene rings is 1. The van der Waals surface area contributed by atoms with Crippen LogP contribution in [0, 0.1) is 6.57 Å². The highest BCUT2D eigenvalue weighted by Crippen LogP contribution is 2.25. The maximum absolute atomic E-state index is 12.8. The lowest BCUT2D eigenvalue weighted by molar-refractivity contribution is -0.00811. The van der Waals surface area contributed by atoms with Gasteiger partial charge in [0.15, 0.2) is 0 Å². The average molecular weight is 388 g/mol. The molecule has 152 valence electrons. The standard InChI is InChI=1S/C21H28N2O5/c1-21(2,3)28-20(25)23(16-8-10-27-11-9-16)14-15-6-7-17(18(24)13-22-4)19(12-15)26-5/h6-7,12,16H,8-11,13-14H2,1-3,5H3. The van der Waals surface area contributed by atoms with E-state index in [0.29, 0.717) is 31.1 Å². The van der Waals surface area contributed by atoms with Crippen molar-refractivity contribution in [2.75, 3.05) is 26.9 Å². The lowest BCUT2D eigenvalue weighted by Crippen LogP contribution is -2.45. The van der Waals surface area contributed by atoms with Crippen molar-refractivity contribution < 1.29 is 23.8 Å². The van der Waals surface area contributed by atoms with E-state index in [1.165, 1.54) is 7.11 Å². The van der Waals surface area contributed by atoms with Crippen molar-refractivity contribution >= 4 is 11.9 Å². The lowest BCUT2D eigenvalue weighted by Gasteiger charge is -2.35. The fourth-order valence-corrected chi connectivity index (χ4v) is 3.08. The summed E-state index contributed by atoms with van der Waals surface area (Å²) in [4.78, 5) is 29.8. The van der Waals surface area contributed by atoms with Gasteiger partial charge in [0.2, 0.25) is 5.78 Å². The Hall–Kier alpha value is -2.59. The fraction of sp³-hybridized carbons (Fsp3) is 0.571. The number of nitrogens with zero attached hydrogens (tertiary/aromatic N) is 2. The Morgan fingerprint density at radius 2 is 1.96 bits per heavy atom. The summed E-state index contributed by atoms with van der Waals surface area (Å²) in [6.07, 6.45) is 1.13. The highest BCUT2D eigenvalue weighted by molar-refractivity contribution is 6.01. The third-order valence-corrected chi connectivity index (χ3v) is 4.40. The maximum atomic E-state index is 12.8. The van der Waals surface area contributed by atoms with Crippen LogP contribution in [0.2, 0.25) is 0 Å². The number of rotatable bonds is 6. The predicted octanol–water partition coefficient (Wildman–Crippen LogP) is 3.71. The molecular formula is C21H28N2O5. The highest BCUT2D eigenvalue weighted by Gasteiger charge is 2.30. The summed E-state index contributed by atoms with van der Waals surface area (Å²) in [7, 11) is 1.48. The van der Waals surface area contributed by atoms with Crippen LogP contribution < -0.4 is 4.74 Å². The number of amides is 1. The number of hydrogen-bond acceptors (Lipinski definition) is 5. The quantitative estimate of drug-likeness (QED) is 0.549. The molecule has 0 spiro atoms. The van der Waals surface area contributed by atoms with Crippen LogP contribution in [0.5, 0.6) is 5.75 Å². The molecule has 1 saturated heterocycles. The van der Waals surface area contributed by atoms with Gasteiger partial charge < -0.3 is 24.0 Å². The summed E-state index contributed by atoms with van der Waals surface area (Å²) in [6.45, 7) is 13.7. The van der Waals surface area contributed by atoms with Crippen LogP contribution in [0.4, 0.5) is 4.79 Å². The summed E-state index contributed by atoms with van der Waals surface area (Å²) >= 11 is 0. The zero-order valence-electron chi connectivity index (χ0n) is 17.0. The third-order valence-electron chi connectivity index (χ3n) is 4.40. The van der Waals surface area contributed by atoms with E-state index in [4.69, 9.17) is 20.8 Å². The Bertz CT molecular complexity index is 742. The molecule has 0 aliphatic carbocycles. The molecule has 1 amide bonds. The normalized spacial score (nSPS) is 14.8. The molecule has 2 rings (SSSR count). The second-order valence-corrected chi connectivity index (χ2v) is 7.73. The largest absolute Gasteiger partial charge is 0.496 e. The van der Waals surface area contributed by atoms with Crippen LogP contribution in [0.3, 0.4) is 0 Å². The molecule has 1 aromatic rings. The van der Waals surface area contributed by atoms with Crippen molar-refractivity contribution in [3.05, 3.63) is 40.7 Å². The van der Waals surface area contributed by atoms with E-state index >= 15 is 0 Å².